The van der Waals surface area contributed by atoms with Crippen molar-refractivity contribution in [3.8, 4) is 11.5 Å². The van der Waals surface area contributed by atoms with Gasteiger partial charge in [0.25, 0.3) is 11.8 Å². The maximum Gasteiger partial charge on any atom is 0.255 e. The molecule has 3 amide bonds. The van der Waals surface area contributed by atoms with Gasteiger partial charge < -0.3 is 25.8 Å². The lowest BCUT2D eigenvalue weighted by Gasteiger charge is -2.13. The molecule has 0 radical (unpaired) electrons. The van der Waals surface area contributed by atoms with Gasteiger partial charge in [-0.3, -0.25) is 19.1 Å². The molecule has 31 heavy (non-hydrogen) atoms. The van der Waals surface area contributed by atoms with E-state index in [9.17, 15) is 14.4 Å². The Hall–Kier alpha value is -3.27. The summed E-state index contributed by atoms with van der Waals surface area (Å²) < 4.78 is 11.9. The predicted octanol–water partition coefficient (Wildman–Crippen LogP) is 1.72. The quantitative estimate of drug-likeness (QED) is 0.533. The van der Waals surface area contributed by atoms with Gasteiger partial charge in [-0.15, -0.1) is 0 Å². The molecule has 0 atom stereocenters. The van der Waals surface area contributed by atoms with Crippen molar-refractivity contribution in [2.45, 2.75) is 38.3 Å². The number of carbonyl (C=O) groups is 3. The zero-order chi connectivity index (χ0) is 22.4. The first kappa shape index (κ1) is 22.4. The second-order valence-electron chi connectivity index (χ2n) is 7.17. The number of nitrogens with zero attached hydrogens (tertiary/aromatic N) is 2. The topological polar surface area (TPSA) is 138 Å². The summed E-state index contributed by atoms with van der Waals surface area (Å²) in [5.74, 6) is -0.958. The average Bonchev–Trinajstić information content (AvgIpc) is 3.38. The van der Waals surface area contributed by atoms with Gasteiger partial charge in [0.15, 0.2) is 18.1 Å². The fourth-order valence-electron chi connectivity index (χ4n) is 3.34. The van der Waals surface area contributed by atoms with E-state index in [4.69, 9.17) is 26.8 Å². The number of nitrogens with one attached hydrogen (secondary N) is 2. The highest BCUT2D eigenvalue weighted by Gasteiger charge is 2.19. The number of rotatable bonds is 9. The molecule has 1 fully saturated rings. The molecule has 10 nitrogen and oxygen atoms in total. The van der Waals surface area contributed by atoms with E-state index in [1.165, 1.54) is 30.1 Å². The van der Waals surface area contributed by atoms with Crippen LogP contribution in [0.3, 0.4) is 0 Å². The number of anilines is 1. The highest BCUT2D eigenvalue weighted by Crippen LogP contribution is 2.36. The lowest BCUT2D eigenvalue weighted by atomic mass is 10.2. The summed E-state index contributed by atoms with van der Waals surface area (Å²) in [4.78, 5) is 35.7. The van der Waals surface area contributed by atoms with E-state index < -0.39 is 11.8 Å². The summed E-state index contributed by atoms with van der Waals surface area (Å²) in [6.07, 6.45) is 7.29. The Labute approximate surface area is 184 Å². The Morgan fingerprint density at radius 1 is 1.29 bits per heavy atom. The molecule has 1 aromatic heterocycles. The zero-order valence-electron chi connectivity index (χ0n) is 17.0. The second kappa shape index (κ2) is 10.2. The normalized spacial score (nSPS) is 13.6. The third-order valence-electron chi connectivity index (χ3n) is 4.77. The van der Waals surface area contributed by atoms with E-state index in [-0.39, 0.29) is 47.2 Å². The standard InChI is InChI=1S/C20H24ClN5O5/c1-30-16-7-12(6-15(21)19(16)31-11-17(22)27)20(29)25-14-8-23-26(9-14)10-18(28)24-13-4-2-3-5-13/h6-9,13H,2-5,10-11H2,1H3,(H2,22,27)(H,24,28)(H,25,29). The van der Waals surface area contributed by atoms with Crippen molar-refractivity contribution in [3.63, 3.8) is 0 Å². The van der Waals surface area contributed by atoms with Crippen molar-refractivity contribution in [1.29, 1.82) is 0 Å². The molecule has 2 aromatic rings. The summed E-state index contributed by atoms with van der Waals surface area (Å²) in [7, 11) is 1.38. The van der Waals surface area contributed by atoms with Gasteiger partial charge in [0.1, 0.15) is 6.54 Å². The van der Waals surface area contributed by atoms with Crippen molar-refractivity contribution in [3.05, 3.63) is 35.1 Å². The van der Waals surface area contributed by atoms with E-state index >= 15 is 0 Å². The first-order valence-corrected chi connectivity index (χ1v) is 10.2. The Morgan fingerprint density at radius 2 is 2.03 bits per heavy atom. The number of aromatic nitrogens is 2. The lowest BCUT2D eigenvalue weighted by molar-refractivity contribution is -0.122. The van der Waals surface area contributed by atoms with Gasteiger partial charge >= 0.3 is 0 Å². The number of amides is 3. The van der Waals surface area contributed by atoms with Crippen molar-refractivity contribution >= 4 is 35.0 Å². The van der Waals surface area contributed by atoms with Gasteiger partial charge in [0.2, 0.25) is 5.91 Å². The maximum atomic E-state index is 12.6. The van der Waals surface area contributed by atoms with Crippen LogP contribution in [0, 0.1) is 0 Å². The fraction of sp³-hybridized carbons (Fsp3) is 0.400. The van der Waals surface area contributed by atoms with Crippen LogP contribution in [0.15, 0.2) is 24.5 Å². The summed E-state index contributed by atoms with van der Waals surface area (Å²) >= 11 is 6.18. The number of primary amides is 1. The SMILES string of the molecule is COc1cc(C(=O)Nc2cnn(CC(=O)NC3CCCC3)c2)cc(Cl)c1OCC(N)=O. The molecule has 0 aliphatic heterocycles. The molecular formula is C20H24ClN5O5. The van der Waals surface area contributed by atoms with Crippen LogP contribution in [0.5, 0.6) is 11.5 Å². The van der Waals surface area contributed by atoms with Crippen molar-refractivity contribution in [1.82, 2.24) is 15.1 Å². The van der Waals surface area contributed by atoms with Crippen LogP contribution in [0.1, 0.15) is 36.0 Å². The van der Waals surface area contributed by atoms with E-state index in [1.54, 1.807) is 6.20 Å². The smallest absolute Gasteiger partial charge is 0.255 e. The fourth-order valence-corrected chi connectivity index (χ4v) is 3.61. The number of hydrogen-bond acceptors (Lipinski definition) is 6. The molecule has 1 aliphatic rings. The first-order chi connectivity index (χ1) is 14.9. The number of nitrogens with two attached hydrogens (primary N) is 1. The summed E-state index contributed by atoms with van der Waals surface area (Å²) in [6, 6.07) is 3.04. The van der Waals surface area contributed by atoms with Crippen LogP contribution in [0.2, 0.25) is 5.02 Å². The van der Waals surface area contributed by atoms with Gasteiger partial charge in [0, 0.05) is 17.8 Å². The molecule has 1 aromatic carbocycles. The molecule has 166 valence electrons. The van der Waals surface area contributed by atoms with E-state index in [0.29, 0.717) is 5.69 Å². The second-order valence-corrected chi connectivity index (χ2v) is 7.58. The Bertz CT molecular complexity index is 971. The van der Waals surface area contributed by atoms with Crippen LogP contribution in [0.4, 0.5) is 5.69 Å². The molecule has 0 saturated heterocycles. The van der Waals surface area contributed by atoms with Gasteiger partial charge in [-0.25, -0.2) is 0 Å². The van der Waals surface area contributed by atoms with E-state index in [1.807, 2.05) is 0 Å². The Kier molecular flexibility index (Phi) is 7.35. The summed E-state index contributed by atoms with van der Waals surface area (Å²) in [5.41, 5.74) is 5.70. The molecule has 0 unspecified atom stereocenters. The van der Waals surface area contributed by atoms with Crippen molar-refractivity contribution < 1.29 is 23.9 Å². The highest BCUT2D eigenvalue weighted by atomic mass is 35.5. The number of ether oxygens (including phenoxy) is 2. The molecule has 3 rings (SSSR count). The Balaban J connectivity index is 1.62. The average molecular weight is 450 g/mol. The maximum absolute atomic E-state index is 12.6. The monoisotopic (exact) mass is 449 g/mol. The number of hydrogen-bond donors (Lipinski definition) is 3. The molecule has 1 heterocycles. The lowest BCUT2D eigenvalue weighted by Crippen LogP contribution is -2.35. The summed E-state index contributed by atoms with van der Waals surface area (Å²) in [5, 5.41) is 9.88. The summed E-state index contributed by atoms with van der Waals surface area (Å²) in [6.45, 7) is -0.312. The number of halogens is 1. The van der Waals surface area contributed by atoms with Crippen LogP contribution in [-0.2, 0) is 16.1 Å². The van der Waals surface area contributed by atoms with Gasteiger partial charge in [-0.2, -0.15) is 5.10 Å². The molecule has 1 aliphatic carbocycles. The van der Waals surface area contributed by atoms with Crippen LogP contribution in [-0.4, -0.2) is 47.3 Å². The number of carbonyl (C=O) groups excluding carboxylic acids is 3. The number of methoxy groups -OCH3 is 1. The zero-order valence-corrected chi connectivity index (χ0v) is 17.8. The van der Waals surface area contributed by atoms with Gasteiger partial charge in [0.05, 0.1) is 24.0 Å². The number of benzene rings is 1. The molecule has 0 bridgehead atoms. The van der Waals surface area contributed by atoms with Gasteiger partial charge in [-0.1, -0.05) is 24.4 Å². The third kappa shape index (κ3) is 6.11. The third-order valence-corrected chi connectivity index (χ3v) is 5.05. The molecule has 11 heteroatoms. The van der Waals surface area contributed by atoms with Crippen LogP contribution >= 0.6 is 11.6 Å². The minimum absolute atomic E-state index is 0.0674. The predicted molar refractivity (Wildman–Crippen MR) is 113 cm³/mol. The minimum Gasteiger partial charge on any atom is -0.493 e. The van der Waals surface area contributed by atoms with Gasteiger partial charge in [-0.05, 0) is 25.0 Å². The van der Waals surface area contributed by atoms with Crippen molar-refractivity contribution in [2.24, 2.45) is 5.73 Å². The van der Waals surface area contributed by atoms with Crippen molar-refractivity contribution in [2.75, 3.05) is 19.0 Å². The Morgan fingerprint density at radius 3 is 2.71 bits per heavy atom. The molecule has 1 saturated carbocycles. The van der Waals surface area contributed by atoms with E-state index in [0.717, 1.165) is 25.7 Å². The molecule has 0 spiro atoms. The molecular weight excluding hydrogens is 426 g/mol. The first-order valence-electron chi connectivity index (χ1n) is 9.77. The largest absolute Gasteiger partial charge is 0.493 e. The van der Waals surface area contributed by atoms with Crippen LogP contribution < -0.4 is 25.8 Å². The molecule has 4 N–H and O–H groups in total. The minimum atomic E-state index is -0.672. The highest BCUT2D eigenvalue weighted by molar-refractivity contribution is 6.32. The van der Waals surface area contributed by atoms with Crippen LogP contribution in [0.25, 0.3) is 0 Å². The van der Waals surface area contributed by atoms with E-state index in [2.05, 4.69) is 15.7 Å².